The smallest absolute Gasteiger partial charge is 0.0558 e. The van der Waals surface area contributed by atoms with Crippen LogP contribution in [0.4, 0.5) is 0 Å². The summed E-state index contributed by atoms with van der Waals surface area (Å²) in [5, 5.41) is 8.87. The monoisotopic (exact) mass is 229 g/mol. The van der Waals surface area contributed by atoms with E-state index in [2.05, 4.69) is 30.6 Å². The lowest BCUT2D eigenvalue weighted by molar-refractivity contribution is 0.0792. The molecule has 0 aromatic carbocycles. The van der Waals surface area contributed by atoms with E-state index in [4.69, 9.17) is 10.8 Å². The van der Waals surface area contributed by atoms with Crippen molar-refractivity contribution in [2.24, 2.45) is 11.1 Å². The molecule has 1 aliphatic rings. The Balaban J connectivity index is 2.32. The van der Waals surface area contributed by atoms with Crippen molar-refractivity contribution in [2.75, 3.05) is 45.9 Å². The van der Waals surface area contributed by atoms with E-state index >= 15 is 0 Å². The van der Waals surface area contributed by atoms with E-state index in [1.165, 1.54) is 0 Å². The molecule has 0 aromatic heterocycles. The Morgan fingerprint density at radius 3 is 2.12 bits per heavy atom. The summed E-state index contributed by atoms with van der Waals surface area (Å²) >= 11 is 0. The summed E-state index contributed by atoms with van der Waals surface area (Å²) in [5.41, 5.74) is 6.17. The van der Waals surface area contributed by atoms with E-state index in [-0.39, 0.29) is 18.1 Å². The first-order chi connectivity index (χ1) is 7.45. The minimum atomic E-state index is 0.180. The summed E-state index contributed by atoms with van der Waals surface area (Å²) in [5.74, 6) is 0. The molecule has 0 spiro atoms. The highest BCUT2D eigenvalue weighted by Crippen LogP contribution is 2.21. The highest BCUT2D eigenvalue weighted by molar-refractivity contribution is 4.83. The third-order valence-corrected chi connectivity index (χ3v) is 3.74. The van der Waals surface area contributed by atoms with Crippen molar-refractivity contribution < 1.29 is 5.11 Å². The second-order valence-corrected chi connectivity index (χ2v) is 5.62. The molecular weight excluding hydrogens is 202 g/mol. The number of hydrogen-bond acceptors (Lipinski definition) is 4. The Morgan fingerprint density at radius 2 is 1.69 bits per heavy atom. The lowest BCUT2D eigenvalue weighted by Crippen LogP contribution is -2.52. The van der Waals surface area contributed by atoms with Crippen molar-refractivity contribution in [1.82, 2.24) is 9.80 Å². The third-order valence-electron chi connectivity index (χ3n) is 3.74. The quantitative estimate of drug-likeness (QED) is 0.695. The van der Waals surface area contributed by atoms with Crippen LogP contribution in [0.3, 0.4) is 0 Å². The molecule has 96 valence electrons. The zero-order valence-electron chi connectivity index (χ0n) is 10.9. The fraction of sp³-hybridized carbons (Fsp3) is 1.00. The van der Waals surface area contributed by atoms with Crippen LogP contribution in [0.2, 0.25) is 0 Å². The van der Waals surface area contributed by atoms with Crippen LogP contribution in [0.5, 0.6) is 0 Å². The normalized spacial score (nSPS) is 22.3. The van der Waals surface area contributed by atoms with Gasteiger partial charge in [-0.2, -0.15) is 0 Å². The molecule has 0 radical (unpaired) electrons. The Morgan fingerprint density at radius 1 is 1.19 bits per heavy atom. The predicted molar refractivity (Wildman–Crippen MR) is 67.4 cm³/mol. The molecule has 1 aliphatic heterocycles. The fourth-order valence-electron chi connectivity index (χ4n) is 2.03. The molecule has 1 fully saturated rings. The average molecular weight is 229 g/mol. The zero-order valence-corrected chi connectivity index (χ0v) is 10.9. The van der Waals surface area contributed by atoms with Crippen LogP contribution in [0.15, 0.2) is 0 Å². The molecule has 1 unspecified atom stereocenters. The van der Waals surface area contributed by atoms with Gasteiger partial charge in [0.05, 0.1) is 6.61 Å². The second kappa shape index (κ2) is 5.96. The van der Waals surface area contributed by atoms with Crippen LogP contribution in [0.25, 0.3) is 0 Å². The first kappa shape index (κ1) is 13.9. The van der Waals surface area contributed by atoms with Crippen LogP contribution < -0.4 is 5.73 Å². The minimum Gasteiger partial charge on any atom is -0.395 e. The van der Waals surface area contributed by atoms with E-state index in [0.29, 0.717) is 0 Å². The highest BCUT2D eigenvalue weighted by Gasteiger charge is 2.27. The predicted octanol–water partition coefficient (Wildman–Crippen LogP) is -0.0303. The van der Waals surface area contributed by atoms with E-state index in [0.717, 1.165) is 39.3 Å². The number of aliphatic hydroxyl groups is 1. The van der Waals surface area contributed by atoms with Crippen LogP contribution >= 0.6 is 0 Å². The summed E-state index contributed by atoms with van der Waals surface area (Å²) in [6.45, 7) is 13.0. The first-order valence-corrected chi connectivity index (χ1v) is 6.27. The van der Waals surface area contributed by atoms with Gasteiger partial charge in [0.15, 0.2) is 0 Å². The maximum absolute atomic E-state index is 8.87. The van der Waals surface area contributed by atoms with Gasteiger partial charge in [-0.1, -0.05) is 13.8 Å². The van der Waals surface area contributed by atoms with E-state index in [1.807, 2.05) is 0 Å². The number of hydrogen-bond donors (Lipinski definition) is 2. The standard InChI is InChI=1S/C12H27N3O/c1-11(13)12(2,3)10-15-6-4-14(5-7-15)8-9-16/h11,16H,4-10,13H2,1-3H3. The van der Waals surface area contributed by atoms with Gasteiger partial charge >= 0.3 is 0 Å². The van der Waals surface area contributed by atoms with Crippen LogP contribution in [0, 0.1) is 5.41 Å². The Labute approximate surface area is 99.4 Å². The van der Waals surface area contributed by atoms with Crippen LogP contribution in [-0.4, -0.2) is 66.8 Å². The molecule has 0 saturated carbocycles. The molecule has 3 N–H and O–H groups in total. The van der Waals surface area contributed by atoms with Gasteiger partial charge in [0.2, 0.25) is 0 Å². The van der Waals surface area contributed by atoms with Crippen LogP contribution in [0.1, 0.15) is 20.8 Å². The third kappa shape index (κ3) is 4.01. The largest absolute Gasteiger partial charge is 0.395 e. The molecule has 1 atom stereocenters. The molecule has 0 bridgehead atoms. The summed E-state index contributed by atoms with van der Waals surface area (Å²) in [6.07, 6.45) is 0. The van der Waals surface area contributed by atoms with Crippen molar-refractivity contribution in [3.63, 3.8) is 0 Å². The topological polar surface area (TPSA) is 52.7 Å². The van der Waals surface area contributed by atoms with Gasteiger partial charge in [-0.05, 0) is 12.3 Å². The van der Waals surface area contributed by atoms with Crippen molar-refractivity contribution in [2.45, 2.75) is 26.8 Å². The van der Waals surface area contributed by atoms with E-state index < -0.39 is 0 Å². The van der Waals surface area contributed by atoms with Crippen molar-refractivity contribution in [3.8, 4) is 0 Å². The lowest BCUT2D eigenvalue weighted by Gasteiger charge is -2.40. The summed E-state index contributed by atoms with van der Waals surface area (Å²) < 4.78 is 0. The maximum Gasteiger partial charge on any atom is 0.0558 e. The summed E-state index contributed by atoms with van der Waals surface area (Å²) in [6, 6.07) is 0.225. The average Bonchev–Trinajstić information content (AvgIpc) is 2.21. The molecule has 4 nitrogen and oxygen atoms in total. The molecule has 1 heterocycles. The maximum atomic E-state index is 8.87. The Hall–Kier alpha value is -0.160. The number of nitrogens with two attached hydrogens (primary N) is 1. The molecule has 0 amide bonds. The fourth-order valence-corrected chi connectivity index (χ4v) is 2.03. The van der Waals surface area contributed by atoms with E-state index in [9.17, 15) is 0 Å². The molecule has 4 heteroatoms. The highest BCUT2D eigenvalue weighted by atomic mass is 16.3. The Bertz CT molecular complexity index is 198. The SMILES string of the molecule is CC(N)C(C)(C)CN1CCN(CCO)CC1. The molecule has 0 aliphatic carbocycles. The van der Waals surface area contributed by atoms with Gasteiger partial charge in [-0.25, -0.2) is 0 Å². The van der Waals surface area contributed by atoms with Gasteiger partial charge in [0.1, 0.15) is 0 Å². The molecule has 16 heavy (non-hydrogen) atoms. The zero-order chi connectivity index (χ0) is 12.2. The van der Waals surface area contributed by atoms with E-state index in [1.54, 1.807) is 0 Å². The van der Waals surface area contributed by atoms with Gasteiger partial charge in [0, 0.05) is 45.3 Å². The molecular formula is C12H27N3O. The number of rotatable bonds is 5. The number of nitrogens with zero attached hydrogens (tertiary/aromatic N) is 2. The number of β-amino-alcohol motifs (C(OH)–C–C–N with tert-alkyl or cyclic N) is 1. The summed E-state index contributed by atoms with van der Waals surface area (Å²) in [7, 11) is 0. The van der Waals surface area contributed by atoms with Crippen molar-refractivity contribution in [1.29, 1.82) is 0 Å². The minimum absolute atomic E-state index is 0.180. The summed E-state index contributed by atoms with van der Waals surface area (Å²) in [4.78, 5) is 4.80. The number of aliphatic hydroxyl groups excluding tert-OH is 1. The van der Waals surface area contributed by atoms with Gasteiger partial charge in [0.25, 0.3) is 0 Å². The van der Waals surface area contributed by atoms with Gasteiger partial charge in [-0.15, -0.1) is 0 Å². The first-order valence-electron chi connectivity index (χ1n) is 6.27. The molecule has 1 rings (SSSR count). The molecule has 1 saturated heterocycles. The van der Waals surface area contributed by atoms with Gasteiger partial charge in [-0.3, -0.25) is 4.90 Å². The second-order valence-electron chi connectivity index (χ2n) is 5.62. The Kier molecular flexibility index (Phi) is 5.18. The van der Waals surface area contributed by atoms with Crippen LogP contribution in [-0.2, 0) is 0 Å². The van der Waals surface area contributed by atoms with Gasteiger partial charge < -0.3 is 15.7 Å². The van der Waals surface area contributed by atoms with Crippen molar-refractivity contribution >= 4 is 0 Å². The molecule has 0 aromatic rings. The number of piperazine rings is 1. The lowest BCUT2D eigenvalue weighted by atomic mass is 9.85. The van der Waals surface area contributed by atoms with Crippen molar-refractivity contribution in [3.05, 3.63) is 0 Å².